The molecule has 0 bridgehead atoms. The third kappa shape index (κ3) is 3.92. The molecule has 1 fully saturated rings. The Morgan fingerprint density at radius 3 is 2.75 bits per heavy atom. The first-order valence-electron chi connectivity index (χ1n) is 7.35. The molecule has 1 aromatic heterocycles. The van der Waals surface area contributed by atoms with Crippen LogP contribution in [0.2, 0.25) is 0 Å². The Balaban J connectivity index is 1.86. The van der Waals surface area contributed by atoms with Crippen LogP contribution >= 0.6 is 0 Å². The maximum absolute atomic E-state index is 11.7. The van der Waals surface area contributed by atoms with Crippen molar-refractivity contribution in [3.05, 3.63) is 17.8 Å². The summed E-state index contributed by atoms with van der Waals surface area (Å²) in [6, 6.07) is 3.55. The van der Waals surface area contributed by atoms with E-state index in [2.05, 4.69) is 22.4 Å². The first kappa shape index (κ1) is 14.8. The summed E-state index contributed by atoms with van der Waals surface area (Å²) >= 11 is 0. The van der Waals surface area contributed by atoms with Crippen molar-refractivity contribution in [3.8, 4) is 0 Å². The van der Waals surface area contributed by atoms with Gasteiger partial charge in [-0.2, -0.15) is 0 Å². The fraction of sp³-hybridized carbons (Fsp3) is 0.667. The number of rotatable bonds is 4. The number of nitrogens with one attached hydrogen (secondary N) is 1. The zero-order chi connectivity index (χ0) is 14.5. The van der Waals surface area contributed by atoms with E-state index >= 15 is 0 Å². The Bertz CT molecular complexity index is 444. The number of carbonyl (C=O) groups excluding carboxylic acids is 1. The molecule has 1 aliphatic carbocycles. The maximum Gasteiger partial charge on any atom is 0.273 e. The van der Waals surface area contributed by atoms with Gasteiger partial charge in [-0.1, -0.05) is 19.8 Å². The summed E-state index contributed by atoms with van der Waals surface area (Å²) in [5.41, 5.74) is 0.381. The van der Waals surface area contributed by atoms with Gasteiger partial charge in [0.15, 0.2) is 5.69 Å². The van der Waals surface area contributed by atoms with Gasteiger partial charge in [0, 0.05) is 20.6 Å². The highest BCUT2D eigenvalue weighted by Gasteiger charge is 2.18. The van der Waals surface area contributed by atoms with Crippen molar-refractivity contribution in [3.63, 3.8) is 0 Å². The quantitative estimate of drug-likeness (QED) is 0.917. The van der Waals surface area contributed by atoms with Gasteiger partial charge in [0.2, 0.25) is 0 Å². The molecule has 2 atom stereocenters. The van der Waals surface area contributed by atoms with E-state index in [0.717, 1.165) is 24.2 Å². The van der Waals surface area contributed by atoms with E-state index in [1.54, 1.807) is 20.2 Å². The van der Waals surface area contributed by atoms with Crippen molar-refractivity contribution < 1.29 is 4.79 Å². The number of carbonyl (C=O) groups is 1. The lowest BCUT2D eigenvalue weighted by molar-refractivity contribution is 0.0821. The average Bonchev–Trinajstić information content (AvgIpc) is 2.45. The Labute approximate surface area is 120 Å². The molecule has 0 saturated heterocycles. The number of anilines is 1. The number of aromatic nitrogens is 2. The largest absolute Gasteiger partial charge is 0.368 e. The highest BCUT2D eigenvalue weighted by atomic mass is 16.2. The molecule has 1 saturated carbocycles. The van der Waals surface area contributed by atoms with Gasteiger partial charge in [-0.25, -0.2) is 0 Å². The Morgan fingerprint density at radius 1 is 1.35 bits per heavy atom. The van der Waals surface area contributed by atoms with Crippen LogP contribution in [0.3, 0.4) is 0 Å². The van der Waals surface area contributed by atoms with Crippen LogP contribution < -0.4 is 5.32 Å². The third-order valence-electron chi connectivity index (χ3n) is 3.91. The van der Waals surface area contributed by atoms with E-state index in [0.29, 0.717) is 5.69 Å². The van der Waals surface area contributed by atoms with Gasteiger partial charge in [-0.15, -0.1) is 10.2 Å². The van der Waals surface area contributed by atoms with Gasteiger partial charge in [-0.05, 0) is 36.8 Å². The molecular weight excluding hydrogens is 252 g/mol. The van der Waals surface area contributed by atoms with Crippen LogP contribution in [0.25, 0.3) is 0 Å². The molecule has 2 rings (SSSR count). The van der Waals surface area contributed by atoms with E-state index in [1.807, 2.05) is 6.07 Å². The van der Waals surface area contributed by atoms with E-state index in [9.17, 15) is 4.79 Å². The molecule has 5 heteroatoms. The fourth-order valence-corrected chi connectivity index (χ4v) is 2.76. The zero-order valence-corrected chi connectivity index (χ0v) is 12.6. The van der Waals surface area contributed by atoms with Crippen LogP contribution in [0, 0.1) is 11.8 Å². The predicted octanol–water partition coefficient (Wildman–Crippen LogP) is 2.42. The summed E-state index contributed by atoms with van der Waals surface area (Å²) in [7, 11) is 3.42. The summed E-state index contributed by atoms with van der Waals surface area (Å²) in [4.78, 5) is 13.2. The first-order valence-corrected chi connectivity index (χ1v) is 7.35. The minimum atomic E-state index is -0.120. The second kappa shape index (κ2) is 6.68. The minimum absolute atomic E-state index is 0.120. The van der Waals surface area contributed by atoms with Crippen LogP contribution in [0.5, 0.6) is 0 Å². The molecule has 1 heterocycles. The summed E-state index contributed by atoms with van der Waals surface area (Å²) < 4.78 is 0. The number of hydrogen-bond donors (Lipinski definition) is 1. The number of nitrogens with zero attached hydrogens (tertiary/aromatic N) is 3. The molecule has 1 N–H and O–H groups in total. The lowest BCUT2D eigenvalue weighted by atomic mass is 9.82. The number of hydrogen-bond acceptors (Lipinski definition) is 4. The standard InChI is InChI=1S/C15H24N4O/c1-11-5-4-6-12(9-11)10-16-14-8-7-13(17-18-14)15(20)19(2)3/h7-8,11-12H,4-6,9-10H2,1-3H3,(H,16,18). The van der Waals surface area contributed by atoms with Gasteiger partial charge in [0.25, 0.3) is 5.91 Å². The third-order valence-corrected chi connectivity index (χ3v) is 3.91. The molecule has 1 aromatic rings. The van der Waals surface area contributed by atoms with Crippen molar-refractivity contribution in [2.75, 3.05) is 26.0 Å². The summed E-state index contributed by atoms with van der Waals surface area (Å²) in [6.45, 7) is 3.27. The van der Waals surface area contributed by atoms with Crippen LogP contribution in [0.1, 0.15) is 43.1 Å². The van der Waals surface area contributed by atoms with Crippen molar-refractivity contribution >= 4 is 11.7 Å². The topological polar surface area (TPSA) is 58.1 Å². The van der Waals surface area contributed by atoms with Crippen molar-refractivity contribution in [1.29, 1.82) is 0 Å². The SMILES string of the molecule is CC1CCCC(CNc2ccc(C(=O)N(C)C)nn2)C1. The van der Waals surface area contributed by atoms with Gasteiger partial charge in [0.1, 0.15) is 5.82 Å². The van der Waals surface area contributed by atoms with E-state index in [4.69, 9.17) is 0 Å². The van der Waals surface area contributed by atoms with Crippen LogP contribution in [0.4, 0.5) is 5.82 Å². The summed E-state index contributed by atoms with van der Waals surface area (Å²) in [5.74, 6) is 2.19. The molecule has 2 unspecified atom stereocenters. The molecule has 0 spiro atoms. The van der Waals surface area contributed by atoms with E-state index in [1.165, 1.54) is 30.6 Å². The summed E-state index contributed by atoms with van der Waals surface area (Å²) in [6.07, 6.45) is 5.27. The van der Waals surface area contributed by atoms with Crippen LogP contribution in [-0.4, -0.2) is 41.6 Å². The Kier molecular flexibility index (Phi) is 4.93. The Morgan fingerprint density at radius 2 is 2.15 bits per heavy atom. The highest BCUT2D eigenvalue weighted by molar-refractivity contribution is 5.91. The lowest BCUT2D eigenvalue weighted by Crippen LogP contribution is -2.24. The fourth-order valence-electron chi connectivity index (χ4n) is 2.76. The van der Waals surface area contributed by atoms with Crippen LogP contribution in [-0.2, 0) is 0 Å². The molecule has 0 aliphatic heterocycles. The molecule has 5 nitrogen and oxygen atoms in total. The highest BCUT2D eigenvalue weighted by Crippen LogP contribution is 2.28. The van der Waals surface area contributed by atoms with Gasteiger partial charge >= 0.3 is 0 Å². The average molecular weight is 276 g/mol. The maximum atomic E-state index is 11.7. The lowest BCUT2D eigenvalue weighted by Gasteiger charge is -2.26. The normalized spacial score (nSPS) is 22.4. The molecular formula is C15H24N4O. The van der Waals surface area contributed by atoms with Crippen molar-refractivity contribution in [2.45, 2.75) is 32.6 Å². The minimum Gasteiger partial charge on any atom is -0.368 e. The second-order valence-corrected chi connectivity index (χ2v) is 6.02. The summed E-state index contributed by atoms with van der Waals surface area (Å²) in [5, 5.41) is 11.4. The molecule has 0 radical (unpaired) electrons. The molecule has 110 valence electrons. The molecule has 20 heavy (non-hydrogen) atoms. The monoisotopic (exact) mass is 276 g/mol. The van der Waals surface area contributed by atoms with Gasteiger partial charge < -0.3 is 10.2 Å². The zero-order valence-electron chi connectivity index (χ0n) is 12.6. The smallest absolute Gasteiger partial charge is 0.273 e. The molecule has 1 aliphatic rings. The van der Waals surface area contributed by atoms with Gasteiger partial charge in [0.05, 0.1) is 0 Å². The first-order chi connectivity index (χ1) is 9.56. The number of amides is 1. The van der Waals surface area contributed by atoms with Crippen molar-refractivity contribution in [1.82, 2.24) is 15.1 Å². The molecule has 0 aromatic carbocycles. The van der Waals surface area contributed by atoms with Gasteiger partial charge in [-0.3, -0.25) is 4.79 Å². The Hall–Kier alpha value is -1.65. The van der Waals surface area contributed by atoms with E-state index < -0.39 is 0 Å². The van der Waals surface area contributed by atoms with E-state index in [-0.39, 0.29) is 5.91 Å². The second-order valence-electron chi connectivity index (χ2n) is 6.02. The van der Waals surface area contributed by atoms with Crippen LogP contribution in [0.15, 0.2) is 12.1 Å². The van der Waals surface area contributed by atoms with Crippen molar-refractivity contribution in [2.24, 2.45) is 11.8 Å². The predicted molar refractivity (Wildman–Crippen MR) is 79.7 cm³/mol. The molecule has 1 amide bonds.